The smallest absolute Gasteiger partial charge is 0.410 e. The van der Waals surface area contributed by atoms with Crippen molar-refractivity contribution in [1.82, 2.24) is 25.8 Å². The van der Waals surface area contributed by atoms with Gasteiger partial charge in [-0.05, 0) is 67.1 Å². The lowest BCUT2D eigenvalue weighted by molar-refractivity contribution is -0.144. The van der Waals surface area contributed by atoms with Gasteiger partial charge in [0, 0.05) is 25.6 Å². The summed E-state index contributed by atoms with van der Waals surface area (Å²) in [4.78, 5) is 83.1. The van der Waals surface area contributed by atoms with Gasteiger partial charge in [-0.15, -0.1) is 0 Å². The number of ether oxygens (including phenoxy) is 2. The van der Waals surface area contributed by atoms with Crippen molar-refractivity contribution in [2.75, 3.05) is 13.2 Å². The van der Waals surface area contributed by atoms with Crippen LogP contribution in [0.1, 0.15) is 95.8 Å². The van der Waals surface area contributed by atoms with Gasteiger partial charge in [-0.2, -0.15) is 0 Å². The Morgan fingerprint density at radius 2 is 1.79 bits per heavy atom. The number of nitrogens with one attached hydrogen (secondary N) is 3. The van der Waals surface area contributed by atoms with E-state index in [2.05, 4.69) is 22.0 Å². The summed E-state index contributed by atoms with van der Waals surface area (Å²) in [5.41, 5.74) is 2.56. The van der Waals surface area contributed by atoms with Crippen LogP contribution < -0.4 is 16.0 Å². The first-order chi connectivity index (χ1) is 22.8. The molecule has 1 aliphatic carbocycles. The maximum atomic E-state index is 14.2. The van der Waals surface area contributed by atoms with Crippen molar-refractivity contribution in [1.29, 1.82) is 0 Å². The van der Waals surface area contributed by atoms with Crippen LogP contribution >= 0.6 is 0 Å². The molecule has 1 saturated heterocycles. The second kappa shape index (κ2) is 14.9. The third kappa shape index (κ3) is 8.46. The third-order valence-electron chi connectivity index (χ3n) is 9.50. The molecule has 262 valence electrons. The molecule has 3 heterocycles. The van der Waals surface area contributed by atoms with Crippen LogP contribution in [0.25, 0.3) is 0 Å². The summed E-state index contributed by atoms with van der Waals surface area (Å²) in [5.74, 6) is -2.66. The maximum Gasteiger partial charge on any atom is 0.410 e. The highest BCUT2D eigenvalue weighted by Crippen LogP contribution is 2.31. The zero-order valence-corrected chi connectivity index (χ0v) is 28.5. The summed E-state index contributed by atoms with van der Waals surface area (Å²) in [6.45, 7) is 8.13. The van der Waals surface area contributed by atoms with Gasteiger partial charge in [-0.25, -0.2) is 9.59 Å². The lowest BCUT2D eigenvalue weighted by Gasteiger charge is -2.35. The van der Waals surface area contributed by atoms with Crippen LogP contribution in [0.5, 0.6) is 0 Å². The molecule has 1 saturated carbocycles. The summed E-state index contributed by atoms with van der Waals surface area (Å²) in [7, 11) is 0. The number of hydrogen-bond acceptors (Lipinski definition) is 8. The first-order valence-electron chi connectivity index (χ1n) is 17.3. The minimum atomic E-state index is -1.12. The Morgan fingerprint density at radius 1 is 1.04 bits per heavy atom. The molecular weight excluding hydrogens is 618 g/mol. The average Bonchev–Trinajstić information content (AvgIpc) is 3.56. The van der Waals surface area contributed by atoms with Gasteiger partial charge >= 0.3 is 12.2 Å². The van der Waals surface area contributed by atoms with Crippen LogP contribution in [0.4, 0.5) is 9.59 Å². The van der Waals surface area contributed by atoms with E-state index in [1.165, 1.54) is 10.5 Å². The fraction of sp³-hybridized carbons (Fsp3) is 0.657. The number of fused-ring (bicyclic) bond motifs is 3. The number of alkyl carbamates (subject to hydrolysis) is 1. The Hall–Kier alpha value is -4.16. The minimum absolute atomic E-state index is 0.0159. The zero-order valence-electron chi connectivity index (χ0n) is 28.5. The van der Waals surface area contributed by atoms with Gasteiger partial charge in [0.05, 0.1) is 19.2 Å². The van der Waals surface area contributed by atoms with E-state index in [0.29, 0.717) is 25.9 Å². The number of rotatable bonds is 7. The van der Waals surface area contributed by atoms with Crippen LogP contribution in [0.15, 0.2) is 18.2 Å². The van der Waals surface area contributed by atoms with E-state index in [0.717, 1.165) is 43.2 Å². The normalized spacial score (nSPS) is 24.3. The first kappa shape index (κ1) is 35.2. The van der Waals surface area contributed by atoms with Crippen LogP contribution in [-0.2, 0) is 48.2 Å². The average molecular weight is 668 g/mol. The first-order valence-corrected chi connectivity index (χ1v) is 17.3. The molecule has 2 fully saturated rings. The summed E-state index contributed by atoms with van der Waals surface area (Å²) in [5, 5.41) is 8.11. The van der Waals surface area contributed by atoms with E-state index >= 15 is 0 Å². The second-order valence-corrected chi connectivity index (χ2v) is 14.5. The predicted molar refractivity (Wildman–Crippen MR) is 174 cm³/mol. The quantitative estimate of drug-likeness (QED) is 0.374. The predicted octanol–water partition coefficient (Wildman–Crippen LogP) is 3.11. The van der Waals surface area contributed by atoms with Gasteiger partial charge in [-0.3, -0.25) is 24.1 Å². The topological polar surface area (TPSA) is 163 Å². The van der Waals surface area contributed by atoms with Crippen molar-refractivity contribution in [2.24, 2.45) is 5.41 Å². The van der Waals surface area contributed by atoms with E-state index in [-0.39, 0.29) is 32.0 Å². The molecular formula is C35H49N5O8. The second-order valence-electron chi connectivity index (χ2n) is 14.5. The molecule has 1 aromatic carbocycles. The van der Waals surface area contributed by atoms with Gasteiger partial charge in [0.1, 0.15) is 18.2 Å². The number of hydrogen-bond donors (Lipinski definition) is 3. The minimum Gasteiger partial charge on any atom is -0.450 e. The SMILES string of the molecule is CCC[C@H](NC(=O)[C@@H]1CC2CN1C(=O)[C@H](C(C)(C)C)NC(=O)OCCCCCc1cccc3c1CN(C3)C(=O)O2)C(=O)C(=O)NC1CC1. The molecule has 0 radical (unpaired) electrons. The van der Waals surface area contributed by atoms with Crippen molar-refractivity contribution >= 4 is 35.7 Å². The molecule has 1 unspecified atom stereocenters. The molecule has 3 N–H and O–H groups in total. The van der Waals surface area contributed by atoms with Crippen LogP contribution in [0.2, 0.25) is 0 Å². The number of carbonyl (C=O) groups is 6. The molecule has 4 atom stereocenters. The number of cyclic esters (lactones) is 1. The highest BCUT2D eigenvalue weighted by atomic mass is 16.6. The highest BCUT2D eigenvalue weighted by molar-refractivity contribution is 6.38. The molecule has 0 spiro atoms. The van der Waals surface area contributed by atoms with Gasteiger partial charge in [-0.1, -0.05) is 52.3 Å². The fourth-order valence-electron chi connectivity index (χ4n) is 6.65. The van der Waals surface area contributed by atoms with E-state index in [1.54, 1.807) is 25.7 Å². The monoisotopic (exact) mass is 667 g/mol. The van der Waals surface area contributed by atoms with Gasteiger partial charge in [0.25, 0.3) is 5.91 Å². The Bertz CT molecular complexity index is 1420. The Labute approximate surface area is 281 Å². The van der Waals surface area contributed by atoms with Gasteiger partial charge in [0.15, 0.2) is 0 Å². The van der Waals surface area contributed by atoms with Crippen molar-refractivity contribution in [2.45, 2.75) is 129 Å². The lowest BCUT2D eigenvalue weighted by Crippen LogP contribution is -2.59. The van der Waals surface area contributed by atoms with E-state index in [4.69, 9.17) is 9.47 Å². The fourth-order valence-corrected chi connectivity index (χ4v) is 6.65. The Kier molecular flexibility index (Phi) is 10.9. The van der Waals surface area contributed by atoms with E-state index < -0.39 is 65.3 Å². The molecule has 48 heavy (non-hydrogen) atoms. The summed E-state index contributed by atoms with van der Waals surface area (Å²) in [6, 6.07) is 2.77. The van der Waals surface area contributed by atoms with Crippen LogP contribution in [-0.4, -0.2) is 88.9 Å². The number of Topliss-reactive ketones (excluding diaryl/α,β-unsaturated/α-hetero) is 1. The van der Waals surface area contributed by atoms with Gasteiger partial charge in [0.2, 0.25) is 17.6 Å². The third-order valence-corrected chi connectivity index (χ3v) is 9.50. The molecule has 5 rings (SSSR count). The molecule has 1 aromatic rings. The van der Waals surface area contributed by atoms with Crippen molar-refractivity contribution in [3.63, 3.8) is 0 Å². The summed E-state index contributed by atoms with van der Waals surface area (Å²) >= 11 is 0. The molecule has 0 aromatic heterocycles. The Morgan fingerprint density at radius 3 is 2.50 bits per heavy atom. The van der Waals surface area contributed by atoms with Crippen LogP contribution in [0, 0.1) is 5.41 Å². The summed E-state index contributed by atoms with van der Waals surface area (Å²) in [6.07, 6.45) is 3.47. The zero-order chi connectivity index (χ0) is 34.6. The summed E-state index contributed by atoms with van der Waals surface area (Å²) < 4.78 is 11.4. The molecule has 4 bridgehead atoms. The molecule has 3 aliphatic heterocycles. The van der Waals surface area contributed by atoms with E-state index in [1.807, 2.05) is 19.1 Å². The van der Waals surface area contributed by atoms with Crippen molar-refractivity contribution < 1.29 is 38.2 Å². The van der Waals surface area contributed by atoms with Crippen molar-refractivity contribution in [3.05, 3.63) is 34.9 Å². The maximum absolute atomic E-state index is 14.2. The Balaban J connectivity index is 1.39. The number of nitrogens with zero attached hydrogens (tertiary/aromatic N) is 2. The molecule has 4 aliphatic rings. The number of ketones is 1. The number of amides is 5. The molecule has 5 amide bonds. The van der Waals surface area contributed by atoms with Crippen LogP contribution in [0.3, 0.4) is 0 Å². The highest BCUT2D eigenvalue weighted by Gasteiger charge is 2.47. The largest absolute Gasteiger partial charge is 0.450 e. The standard InChI is InChI=1S/C35H49N5O8/c1-5-10-26(28(41)31(43)36-23-14-15-23)37-30(42)27-17-24-19-40(27)32(44)29(35(2,3)4)38-33(45)47-16-8-6-7-11-21-12-9-13-22-18-39(20-25(21)22)34(46)48-24/h9,12-13,23-24,26-27,29H,5-8,10-11,14-20H2,1-4H3,(H,36,43)(H,37,42)(H,38,45)/t24?,26-,27-,29+/m0/s1. The number of carbonyl (C=O) groups excluding carboxylic acids is 6. The van der Waals surface area contributed by atoms with E-state index in [9.17, 15) is 28.8 Å². The number of benzene rings is 1. The number of aryl methyl sites for hydroxylation is 1. The van der Waals surface area contributed by atoms with Crippen molar-refractivity contribution in [3.8, 4) is 0 Å². The van der Waals surface area contributed by atoms with Gasteiger partial charge < -0.3 is 30.3 Å². The molecule has 13 nitrogen and oxygen atoms in total. The molecule has 13 heteroatoms. The lowest BCUT2D eigenvalue weighted by atomic mass is 9.85.